The molecule has 0 aliphatic rings. The van der Waals surface area contributed by atoms with Gasteiger partial charge in [-0.25, -0.2) is 4.98 Å². The van der Waals surface area contributed by atoms with Gasteiger partial charge in [-0.15, -0.1) is 0 Å². The Balaban J connectivity index is 2.26. The second kappa shape index (κ2) is 6.31. The normalized spacial score (nSPS) is 11.0. The summed E-state index contributed by atoms with van der Waals surface area (Å²) in [6.07, 6.45) is 0. The molecule has 2 aromatic rings. The van der Waals surface area contributed by atoms with E-state index in [2.05, 4.69) is 4.98 Å². The number of rotatable bonds is 4. The molecule has 0 atom stereocenters. The lowest BCUT2D eigenvalue weighted by molar-refractivity contribution is 0.0675. The van der Waals surface area contributed by atoms with Crippen LogP contribution in [0, 0.1) is 13.8 Å². The third-order valence-corrected chi connectivity index (χ3v) is 3.37. The van der Waals surface area contributed by atoms with E-state index in [0.717, 1.165) is 17.2 Å². The number of aryl methyl sites for hydroxylation is 2. The molecule has 0 spiro atoms. The molecule has 2 aromatic heterocycles. The maximum Gasteiger partial charge on any atom is 0.254 e. The van der Waals surface area contributed by atoms with Crippen LogP contribution in [-0.4, -0.2) is 21.8 Å². The molecule has 0 saturated carbocycles. The minimum absolute atomic E-state index is 0.0511. The van der Waals surface area contributed by atoms with Gasteiger partial charge in [0, 0.05) is 17.3 Å². The van der Waals surface area contributed by atoms with Gasteiger partial charge in [0.25, 0.3) is 5.91 Å². The van der Waals surface area contributed by atoms with Crippen LogP contribution in [-0.2, 0) is 6.54 Å². The van der Waals surface area contributed by atoms with Crippen molar-refractivity contribution in [3.63, 3.8) is 0 Å². The highest BCUT2D eigenvalue weighted by Crippen LogP contribution is 2.17. The second-order valence-electron chi connectivity index (χ2n) is 5.36. The van der Waals surface area contributed by atoms with E-state index in [4.69, 9.17) is 16.0 Å². The highest BCUT2D eigenvalue weighted by Gasteiger charge is 2.21. The van der Waals surface area contributed by atoms with Crippen molar-refractivity contribution < 1.29 is 9.21 Å². The van der Waals surface area contributed by atoms with E-state index in [1.165, 1.54) is 0 Å². The Labute approximate surface area is 129 Å². The number of furan rings is 1. The first-order valence-electron chi connectivity index (χ1n) is 6.87. The molecule has 21 heavy (non-hydrogen) atoms. The van der Waals surface area contributed by atoms with E-state index in [-0.39, 0.29) is 11.9 Å². The van der Waals surface area contributed by atoms with Gasteiger partial charge >= 0.3 is 0 Å². The van der Waals surface area contributed by atoms with E-state index >= 15 is 0 Å². The molecular weight excluding hydrogens is 288 g/mol. The van der Waals surface area contributed by atoms with E-state index in [0.29, 0.717) is 17.3 Å². The summed E-state index contributed by atoms with van der Waals surface area (Å²) in [5.74, 6) is 1.53. The van der Waals surface area contributed by atoms with E-state index < -0.39 is 0 Å². The van der Waals surface area contributed by atoms with Gasteiger partial charge in [-0.05, 0) is 52.0 Å². The van der Waals surface area contributed by atoms with Crippen LogP contribution in [0.2, 0.25) is 5.15 Å². The average molecular weight is 307 g/mol. The summed E-state index contributed by atoms with van der Waals surface area (Å²) >= 11 is 5.94. The fraction of sp³-hybridized carbons (Fsp3) is 0.375. The predicted octanol–water partition coefficient (Wildman–Crippen LogP) is 4.00. The third kappa shape index (κ3) is 3.85. The van der Waals surface area contributed by atoms with Crippen LogP contribution in [0.3, 0.4) is 0 Å². The molecule has 0 bridgehead atoms. The number of pyridine rings is 1. The Morgan fingerprint density at radius 3 is 2.57 bits per heavy atom. The van der Waals surface area contributed by atoms with E-state index in [1.807, 2.05) is 39.8 Å². The number of aromatic nitrogens is 1. The van der Waals surface area contributed by atoms with Crippen molar-refractivity contribution in [3.05, 3.63) is 52.2 Å². The number of nitrogens with zero attached hydrogens (tertiary/aromatic N) is 2. The molecule has 0 radical (unpaired) electrons. The zero-order valence-electron chi connectivity index (χ0n) is 12.7. The van der Waals surface area contributed by atoms with Crippen molar-refractivity contribution in [1.29, 1.82) is 0 Å². The lowest BCUT2D eigenvalue weighted by atomic mass is 10.1. The van der Waals surface area contributed by atoms with E-state index in [9.17, 15) is 4.79 Å². The lowest BCUT2D eigenvalue weighted by Gasteiger charge is -2.26. The monoisotopic (exact) mass is 306 g/mol. The Morgan fingerprint density at radius 2 is 2.05 bits per heavy atom. The summed E-state index contributed by atoms with van der Waals surface area (Å²) in [7, 11) is 0. The van der Waals surface area contributed by atoms with Gasteiger partial charge in [0.2, 0.25) is 0 Å². The maximum absolute atomic E-state index is 12.7. The predicted molar refractivity (Wildman–Crippen MR) is 82.4 cm³/mol. The fourth-order valence-electron chi connectivity index (χ4n) is 2.14. The van der Waals surface area contributed by atoms with Crippen molar-refractivity contribution in [2.24, 2.45) is 0 Å². The number of carbonyl (C=O) groups is 1. The molecule has 112 valence electrons. The van der Waals surface area contributed by atoms with Gasteiger partial charge in [0.1, 0.15) is 16.7 Å². The summed E-state index contributed by atoms with van der Waals surface area (Å²) in [5.41, 5.74) is 1.27. The van der Waals surface area contributed by atoms with Crippen LogP contribution in [0.25, 0.3) is 0 Å². The summed E-state index contributed by atoms with van der Waals surface area (Å²) in [4.78, 5) is 18.5. The second-order valence-corrected chi connectivity index (χ2v) is 5.75. The summed E-state index contributed by atoms with van der Waals surface area (Å²) in [6, 6.07) is 7.18. The molecule has 0 aliphatic carbocycles. The minimum atomic E-state index is -0.0774. The van der Waals surface area contributed by atoms with Gasteiger partial charge in [0.05, 0.1) is 6.54 Å². The number of amides is 1. The maximum atomic E-state index is 12.7. The number of halogens is 1. The van der Waals surface area contributed by atoms with Crippen LogP contribution in [0.15, 0.2) is 28.7 Å². The summed E-state index contributed by atoms with van der Waals surface area (Å²) < 4.78 is 5.57. The first-order valence-corrected chi connectivity index (χ1v) is 7.25. The van der Waals surface area contributed by atoms with Gasteiger partial charge in [-0.2, -0.15) is 0 Å². The first-order chi connectivity index (χ1) is 9.86. The van der Waals surface area contributed by atoms with Gasteiger partial charge < -0.3 is 9.32 Å². The van der Waals surface area contributed by atoms with Crippen molar-refractivity contribution in [1.82, 2.24) is 9.88 Å². The topological polar surface area (TPSA) is 46.3 Å². The number of carbonyl (C=O) groups excluding carboxylic acids is 1. The zero-order valence-corrected chi connectivity index (χ0v) is 13.4. The average Bonchev–Trinajstić information content (AvgIpc) is 2.79. The van der Waals surface area contributed by atoms with Gasteiger partial charge in [0.15, 0.2) is 0 Å². The molecule has 0 fully saturated rings. The molecule has 0 unspecified atom stereocenters. The molecule has 0 saturated heterocycles. The fourth-order valence-corrected chi connectivity index (χ4v) is 2.40. The quantitative estimate of drug-likeness (QED) is 0.802. The highest BCUT2D eigenvalue weighted by molar-refractivity contribution is 6.29. The Hall–Kier alpha value is -1.81. The van der Waals surface area contributed by atoms with Crippen molar-refractivity contribution in [2.75, 3.05) is 0 Å². The Morgan fingerprint density at radius 1 is 1.33 bits per heavy atom. The summed E-state index contributed by atoms with van der Waals surface area (Å²) in [5, 5.41) is 0.330. The van der Waals surface area contributed by atoms with Gasteiger partial charge in [-0.3, -0.25) is 4.79 Å². The third-order valence-electron chi connectivity index (χ3n) is 3.18. The highest BCUT2D eigenvalue weighted by atomic mass is 35.5. The van der Waals surface area contributed by atoms with Crippen molar-refractivity contribution >= 4 is 17.5 Å². The van der Waals surface area contributed by atoms with E-state index in [1.54, 1.807) is 17.0 Å². The molecule has 5 heteroatoms. The molecule has 1 amide bonds. The standard InChI is InChI=1S/C16H19ClN2O2/c1-10(2)19(9-14-6-5-12(4)21-14)16(20)13-7-11(3)18-15(17)8-13/h5-8,10H,9H2,1-4H3. The van der Waals surface area contributed by atoms with Crippen LogP contribution in [0.5, 0.6) is 0 Å². The Kier molecular flexibility index (Phi) is 4.68. The van der Waals surface area contributed by atoms with Crippen molar-refractivity contribution in [3.8, 4) is 0 Å². The first kappa shape index (κ1) is 15.6. The molecular formula is C16H19ClN2O2. The Bertz CT molecular complexity index is 629. The summed E-state index contributed by atoms with van der Waals surface area (Å²) in [6.45, 7) is 8.09. The smallest absolute Gasteiger partial charge is 0.254 e. The zero-order chi connectivity index (χ0) is 15.6. The molecule has 2 heterocycles. The van der Waals surface area contributed by atoms with Crippen LogP contribution < -0.4 is 0 Å². The van der Waals surface area contributed by atoms with Crippen LogP contribution in [0.1, 0.15) is 41.4 Å². The van der Waals surface area contributed by atoms with Crippen LogP contribution in [0.4, 0.5) is 0 Å². The van der Waals surface area contributed by atoms with Crippen molar-refractivity contribution in [2.45, 2.75) is 40.3 Å². The molecule has 0 aromatic carbocycles. The van der Waals surface area contributed by atoms with Gasteiger partial charge in [-0.1, -0.05) is 11.6 Å². The SMILES string of the molecule is Cc1cc(C(=O)N(Cc2ccc(C)o2)C(C)C)cc(Cl)n1. The molecule has 0 N–H and O–H groups in total. The minimum Gasteiger partial charge on any atom is -0.464 e. The lowest BCUT2D eigenvalue weighted by Crippen LogP contribution is -2.36. The number of hydrogen-bond donors (Lipinski definition) is 0. The largest absolute Gasteiger partial charge is 0.464 e. The molecule has 2 rings (SSSR count). The molecule has 0 aliphatic heterocycles. The van der Waals surface area contributed by atoms with Crippen LogP contribution >= 0.6 is 11.6 Å². The number of hydrogen-bond acceptors (Lipinski definition) is 3. The molecule has 4 nitrogen and oxygen atoms in total.